The van der Waals surface area contributed by atoms with Gasteiger partial charge < -0.3 is 10.1 Å². The van der Waals surface area contributed by atoms with Crippen LogP contribution in [0, 0.1) is 10.1 Å². The number of carbonyl (C=O) groups excluding carboxylic acids is 2. The molecule has 0 aliphatic carbocycles. The van der Waals surface area contributed by atoms with Gasteiger partial charge in [-0.25, -0.2) is 0 Å². The predicted octanol–water partition coefficient (Wildman–Crippen LogP) is 3.86. The molecular weight excluding hydrogens is 360 g/mol. The molecule has 1 atom stereocenters. The van der Waals surface area contributed by atoms with Crippen molar-refractivity contribution in [2.24, 2.45) is 0 Å². The van der Waals surface area contributed by atoms with Crippen molar-refractivity contribution >= 4 is 34.0 Å². The van der Waals surface area contributed by atoms with Crippen molar-refractivity contribution in [2.45, 2.75) is 19.4 Å². The highest BCUT2D eigenvalue weighted by atomic mass is 16.6. The number of rotatable bonds is 6. The van der Waals surface area contributed by atoms with Crippen LogP contribution in [0.2, 0.25) is 0 Å². The van der Waals surface area contributed by atoms with Gasteiger partial charge in [0, 0.05) is 17.3 Å². The number of nitrogens with zero attached hydrogens (tertiary/aromatic N) is 1. The van der Waals surface area contributed by atoms with Crippen molar-refractivity contribution in [2.75, 3.05) is 5.32 Å². The smallest absolute Gasteiger partial charge is 0.311 e. The van der Waals surface area contributed by atoms with Gasteiger partial charge in [0.2, 0.25) is 0 Å². The van der Waals surface area contributed by atoms with E-state index in [1.165, 1.54) is 25.1 Å². The Bertz CT molecular complexity index is 1050. The molecule has 7 heteroatoms. The molecule has 0 heterocycles. The van der Waals surface area contributed by atoms with E-state index in [-0.39, 0.29) is 17.7 Å². The summed E-state index contributed by atoms with van der Waals surface area (Å²) >= 11 is 0. The fraction of sp³-hybridized carbons (Fsp3) is 0.143. The lowest BCUT2D eigenvalue weighted by atomic mass is 10.1. The van der Waals surface area contributed by atoms with Crippen molar-refractivity contribution in [1.29, 1.82) is 0 Å². The summed E-state index contributed by atoms with van der Waals surface area (Å²) in [4.78, 5) is 34.9. The molecule has 0 fully saturated rings. The van der Waals surface area contributed by atoms with Crippen molar-refractivity contribution in [3.05, 3.63) is 82.4 Å². The maximum Gasteiger partial charge on any atom is 0.311 e. The summed E-state index contributed by atoms with van der Waals surface area (Å²) in [5.74, 6) is -1.19. The third-order valence-electron chi connectivity index (χ3n) is 4.22. The first-order valence-corrected chi connectivity index (χ1v) is 8.65. The van der Waals surface area contributed by atoms with Crippen molar-refractivity contribution < 1.29 is 19.2 Å². The number of fused-ring (bicyclic) bond motifs is 1. The molecule has 0 saturated heterocycles. The first-order valence-electron chi connectivity index (χ1n) is 8.65. The van der Waals surface area contributed by atoms with Gasteiger partial charge in [0.1, 0.15) is 0 Å². The molecule has 0 aliphatic rings. The zero-order valence-corrected chi connectivity index (χ0v) is 15.1. The van der Waals surface area contributed by atoms with E-state index in [0.29, 0.717) is 5.69 Å². The molecular formula is C21H18N2O5. The molecule has 0 bridgehead atoms. The topological polar surface area (TPSA) is 98.5 Å². The molecule has 142 valence electrons. The van der Waals surface area contributed by atoms with Crippen LogP contribution in [0.15, 0.2) is 66.7 Å². The van der Waals surface area contributed by atoms with Gasteiger partial charge >= 0.3 is 5.97 Å². The van der Waals surface area contributed by atoms with Crippen molar-refractivity contribution in [3.63, 3.8) is 0 Å². The van der Waals surface area contributed by atoms with E-state index in [1.807, 2.05) is 36.4 Å². The molecule has 3 rings (SSSR count). The lowest BCUT2D eigenvalue weighted by Crippen LogP contribution is -2.30. The molecule has 3 aromatic rings. The van der Waals surface area contributed by atoms with Crippen LogP contribution in [0.3, 0.4) is 0 Å². The summed E-state index contributed by atoms with van der Waals surface area (Å²) < 4.78 is 5.14. The van der Waals surface area contributed by atoms with Crippen LogP contribution < -0.4 is 5.32 Å². The lowest BCUT2D eigenvalue weighted by molar-refractivity contribution is -0.385. The summed E-state index contributed by atoms with van der Waals surface area (Å²) in [6.07, 6.45) is -1.33. The number of anilines is 1. The number of esters is 1. The molecule has 0 spiro atoms. The fourth-order valence-electron chi connectivity index (χ4n) is 2.80. The van der Waals surface area contributed by atoms with E-state index in [4.69, 9.17) is 4.74 Å². The maximum atomic E-state index is 12.3. The first-order chi connectivity index (χ1) is 13.4. The standard InChI is InChI=1S/C21H18N2O5/c1-14(28-20(24)13-17-8-4-5-9-19(17)23(26)27)21(25)22-18-11-10-15-6-2-3-7-16(15)12-18/h2-12,14H,13H2,1H3,(H,22,25)/t14-/m0/s1. The number of para-hydroxylation sites is 1. The number of nitrogens with one attached hydrogen (secondary N) is 1. The highest BCUT2D eigenvalue weighted by Gasteiger charge is 2.21. The lowest BCUT2D eigenvalue weighted by Gasteiger charge is -2.14. The number of amides is 1. The van der Waals surface area contributed by atoms with Gasteiger partial charge in [-0.2, -0.15) is 0 Å². The first kappa shape index (κ1) is 19.0. The molecule has 1 N–H and O–H groups in total. The van der Waals surface area contributed by atoms with Gasteiger partial charge in [-0.3, -0.25) is 19.7 Å². The minimum Gasteiger partial charge on any atom is -0.452 e. The third-order valence-corrected chi connectivity index (χ3v) is 4.22. The van der Waals surface area contributed by atoms with Gasteiger partial charge in [-0.05, 0) is 29.8 Å². The zero-order valence-electron chi connectivity index (χ0n) is 15.1. The second-order valence-corrected chi connectivity index (χ2v) is 6.25. The van der Waals surface area contributed by atoms with Gasteiger partial charge in [0.25, 0.3) is 11.6 Å². The van der Waals surface area contributed by atoms with Crippen LogP contribution in [-0.4, -0.2) is 22.9 Å². The molecule has 0 saturated carbocycles. The average Bonchev–Trinajstić information content (AvgIpc) is 2.68. The van der Waals surface area contributed by atoms with Gasteiger partial charge in [-0.1, -0.05) is 48.5 Å². The van der Waals surface area contributed by atoms with E-state index in [1.54, 1.807) is 12.1 Å². The van der Waals surface area contributed by atoms with E-state index in [9.17, 15) is 19.7 Å². The molecule has 7 nitrogen and oxygen atoms in total. The predicted molar refractivity (Wildman–Crippen MR) is 105 cm³/mol. The Balaban J connectivity index is 1.62. The van der Waals surface area contributed by atoms with E-state index in [2.05, 4.69) is 5.32 Å². The minimum atomic E-state index is -1.04. The summed E-state index contributed by atoms with van der Waals surface area (Å²) in [7, 11) is 0. The maximum absolute atomic E-state index is 12.3. The Kier molecular flexibility index (Phi) is 5.64. The van der Waals surface area contributed by atoms with Gasteiger partial charge in [0.15, 0.2) is 6.10 Å². The van der Waals surface area contributed by atoms with Crippen LogP contribution in [0.4, 0.5) is 11.4 Å². The highest BCUT2D eigenvalue weighted by Crippen LogP contribution is 2.20. The third kappa shape index (κ3) is 4.50. The van der Waals surface area contributed by atoms with Crippen molar-refractivity contribution in [3.8, 4) is 0 Å². The quantitative estimate of drug-likeness (QED) is 0.399. The monoisotopic (exact) mass is 378 g/mol. The summed E-state index contributed by atoms with van der Waals surface area (Å²) in [5.41, 5.74) is 0.664. The largest absolute Gasteiger partial charge is 0.452 e. The zero-order chi connectivity index (χ0) is 20.1. The minimum absolute atomic E-state index is 0.160. The van der Waals surface area contributed by atoms with E-state index in [0.717, 1.165) is 10.8 Å². The number of nitro groups is 1. The van der Waals surface area contributed by atoms with Crippen LogP contribution in [0.5, 0.6) is 0 Å². The van der Waals surface area contributed by atoms with Crippen LogP contribution >= 0.6 is 0 Å². The normalized spacial score (nSPS) is 11.6. The number of hydrogen-bond donors (Lipinski definition) is 1. The van der Waals surface area contributed by atoms with Crippen LogP contribution in [0.1, 0.15) is 12.5 Å². The Labute approximate surface area is 161 Å². The Hall–Kier alpha value is -3.74. The summed E-state index contributed by atoms with van der Waals surface area (Å²) in [5, 5.41) is 15.7. The van der Waals surface area contributed by atoms with E-state index < -0.39 is 22.9 Å². The number of benzene rings is 3. The van der Waals surface area contributed by atoms with Crippen LogP contribution in [0.25, 0.3) is 10.8 Å². The number of carbonyl (C=O) groups is 2. The molecule has 0 radical (unpaired) electrons. The number of ether oxygens (including phenoxy) is 1. The van der Waals surface area contributed by atoms with Gasteiger partial charge in [0.05, 0.1) is 11.3 Å². The molecule has 0 aliphatic heterocycles. The number of nitro benzene ring substituents is 1. The average molecular weight is 378 g/mol. The second kappa shape index (κ2) is 8.30. The highest BCUT2D eigenvalue weighted by molar-refractivity contribution is 5.97. The van der Waals surface area contributed by atoms with E-state index >= 15 is 0 Å². The Morgan fingerprint density at radius 3 is 2.46 bits per heavy atom. The number of hydrogen-bond acceptors (Lipinski definition) is 5. The SMILES string of the molecule is C[C@H](OC(=O)Cc1ccccc1[N+](=O)[O-])C(=O)Nc1ccc2ccccc2c1. The molecule has 1 amide bonds. The van der Waals surface area contributed by atoms with Crippen molar-refractivity contribution in [1.82, 2.24) is 0 Å². The summed E-state index contributed by atoms with van der Waals surface area (Å²) in [6.45, 7) is 1.45. The Morgan fingerprint density at radius 2 is 1.71 bits per heavy atom. The molecule has 0 unspecified atom stereocenters. The Morgan fingerprint density at radius 1 is 1.04 bits per heavy atom. The van der Waals surface area contributed by atoms with Gasteiger partial charge in [-0.15, -0.1) is 0 Å². The molecule has 0 aromatic heterocycles. The second-order valence-electron chi connectivity index (χ2n) is 6.25. The molecule has 28 heavy (non-hydrogen) atoms. The molecule has 3 aromatic carbocycles. The summed E-state index contributed by atoms with van der Waals surface area (Å²) in [6, 6.07) is 19.1. The van der Waals surface area contributed by atoms with Crippen LogP contribution in [-0.2, 0) is 20.7 Å². The fourth-order valence-corrected chi connectivity index (χ4v) is 2.80.